The van der Waals surface area contributed by atoms with E-state index in [-0.39, 0.29) is 12.1 Å². The maximum absolute atomic E-state index is 12.4. The van der Waals surface area contributed by atoms with Gasteiger partial charge in [0, 0.05) is 26.2 Å². The predicted octanol–water partition coefficient (Wildman–Crippen LogP) is 2.50. The van der Waals surface area contributed by atoms with Gasteiger partial charge in [-0.1, -0.05) is 0 Å². The number of hydrogen-bond acceptors (Lipinski definition) is 4. The van der Waals surface area contributed by atoms with E-state index in [2.05, 4.69) is 5.32 Å². The maximum Gasteiger partial charge on any atom is 0.401 e. The van der Waals surface area contributed by atoms with Crippen LogP contribution in [0.3, 0.4) is 0 Å². The van der Waals surface area contributed by atoms with Gasteiger partial charge in [-0.2, -0.15) is 13.2 Å². The summed E-state index contributed by atoms with van der Waals surface area (Å²) in [6.07, 6.45) is -3.45. The topological polar surface area (TPSA) is 37.6 Å². The van der Waals surface area contributed by atoms with E-state index in [1.54, 1.807) is 7.11 Å². The van der Waals surface area contributed by atoms with Crippen LogP contribution in [0.1, 0.15) is 24.0 Å². The summed E-state index contributed by atoms with van der Waals surface area (Å²) in [5.41, 5.74) is 0. The molecule has 1 saturated heterocycles. The lowest BCUT2D eigenvalue weighted by molar-refractivity contribution is -0.143. The minimum Gasteiger partial charge on any atom is -0.465 e. The number of halogens is 3. The van der Waals surface area contributed by atoms with Gasteiger partial charge in [-0.25, -0.2) is 0 Å². The van der Waals surface area contributed by atoms with Gasteiger partial charge in [-0.15, -0.1) is 0 Å². The maximum atomic E-state index is 12.4. The molecular weight excluding hydrogens is 285 g/mol. The Balaban J connectivity index is 1.90. The highest BCUT2D eigenvalue weighted by Crippen LogP contribution is 2.22. The molecular formula is C14H21F3N2O2. The lowest BCUT2D eigenvalue weighted by Gasteiger charge is -2.22. The van der Waals surface area contributed by atoms with Gasteiger partial charge >= 0.3 is 6.18 Å². The Morgan fingerprint density at radius 1 is 1.48 bits per heavy atom. The van der Waals surface area contributed by atoms with Crippen LogP contribution in [-0.4, -0.2) is 50.5 Å². The average Bonchev–Trinajstić information content (AvgIpc) is 2.96. The van der Waals surface area contributed by atoms with Gasteiger partial charge in [-0.3, -0.25) is 4.90 Å². The predicted molar refractivity (Wildman–Crippen MR) is 72.1 cm³/mol. The number of nitrogens with one attached hydrogen (secondary N) is 1. The molecule has 2 rings (SSSR count). The molecule has 0 aromatic carbocycles. The molecule has 7 heteroatoms. The van der Waals surface area contributed by atoms with Crippen LogP contribution in [0, 0.1) is 6.92 Å². The van der Waals surface area contributed by atoms with Crippen molar-refractivity contribution < 1.29 is 22.3 Å². The molecule has 0 amide bonds. The van der Waals surface area contributed by atoms with Crippen LogP contribution in [0.5, 0.6) is 0 Å². The van der Waals surface area contributed by atoms with Crippen molar-refractivity contribution in [2.75, 3.05) is 33.4 Å². The van der Waals surface area contributed by atoms with Crippen molar-refractivity contribution in [3.05, 3.63) is 23.7 Å². The molecule has 4 nitrogen and oxygen atoms in total. The third kappa shape index (κ3) is 5.01. The third-order valence-corrected chi connectivity index (χ3v) is 3.55. The minimum absolute atomic E-state index is 0.0120. The van der Waals surface area contributed by atoms with Crippen LogP contribution in [0.25, 0.3) is 0 Å². The van der Waals surface area contributed by atoms with Gasteiger partial charge < -0.3 is 14.5 Å². The second-order valence-corrected chi connectivity index (χ2v) is 5.46. The normalized spacial score (nSPS) is 21.9. The zero-order chi connectivity index (χ0) is 15.5. The Bertz CT molecular complexity index is 448. The van der Waals surface area contributed by atoms with Crippen molar-refractivity contribution in [1.82, 2.24) is 10.2 Å². The summed E-state index contributed by atoms with van der Waals surface area (Å²) >= 11 is 0. The molecule has 1 aliphatic heterocycles. The molecule has 120 valence electrons. The molecule has 0 unspecified atom stereocenters. The van der Waals surface area contributed by atoms with Crippen LogP contribution in [-0.2, 0) is 4.74 Å². The first-order chi connectivity index (χ1) is 9.87. The smallest absolute Gasteiger partial charge is 0.401 e. The number of hydrogen-bond donors (Lipinski definition) is 1. The Morgan fingerprint density at radius 2 is 2.24 bits per heavy atom. The fourth-order valence-electron chi connectivity index (χ4n) is 2.67. The standard InChI is InChI=1S/C14H21F3N2O2/c1-10-3-4-13(21-10)12(8-20-2)18-11-5-6-19(7-11)9-14(15,16)17/h3-4,11-12,18H,5-9H2,1-2H3/t11-,12-/m0/s1. The molecule has 0 aliphatic carbocycles. The second kappa shape index (κ2) is 6.81. The molecule has 1 fully saturated rings. The molecule has 2 heterocycles. The molecule has 1 aliphatic rings. The molecule has 0 saturated carbocycles. The summed E-state index contributed by atoms with van der Waals surface area (Å²) in [5, 5.41) is 3.33. The third-order valence-electron chi connectivity index (χ3n) is 3.55. The van der Waals surface area contributed by atoms with Crippen molar-refractivity contribution in [2.45, 2.75) is 31.6 Å². The van der Waals surface area contributed by atoms with E-state index in [0.29, 0.717) is 26.1 Å². The number of methoxy groups -OCH3 is 1. The van der Waals surface area contributed by atoms with E-state index in [4.69, 9.17) is 9.15 Å². The Labute approximate surface area is 122 Å². The van der Waals surface area contributed by atoms with Crippen molar-refractivity contribution >= 4 is 0 Å². The van der Waals surface area contributed by atoms with Gasteiger partial charge in [-0.05, 0) is 25.5 Å². The molecule has 0 bridgehead atoms. The van der Waals surface area contributed by atoms with Crippen molar-refractivity contribution in [3.63, 3.8) is 0 Å². The first kappa shape index (κ1) is 16.3. The highest BCUT2D eigenvalue weighted by Gasteiger charge is 2.35. The van der Waals surface area contributed by atoms with Crippen LogP contribution < -0.4 is 5.32 Å². The van der Waals surface area contributed by atoms with E-state index < -0.39 is 12.7 Å². The van der Waals surface area contributed by atoms with Gasteiger partial charge in [0.15, 0.2) is 0 Å². The van der Waals surface area contributed by atoms with E-state index in [1.165, 1.54) is 4.90 Å². The fourth-order valence-corrected chi connectivity index (χ4v) is 2.67. The van der Waals surface area contributed by atoms with Gasteiger partial charge in [0.25, 0.3) is 0 Å². The molecule has 1 N–H and O–H groups in total. The van der Waals surface area contributed by atoms with E-state index in [0.717, 1.165) is 11.5 Å². The molecule has 1 aromatic heterocycles. The number of rotatable bonds is 6. The first-order valence-corrected chi connectivity index (χ1v) is 6.98. The van der Waals surface area contributed by atoms with E-state index >= 15 is 0 Å². The number of furan rings is 1. The summed E-state index contributed by atoms with van der Waals surface area (Å²) in [7, 11) is 1.59. The van der Waals surface area contributed by atoms with E-state index in [1.807, 2.05) is 19.1 Å². The van der Waals surface area contributed by atoms with Crippen LogP contribution in [0.15, 0.2) is 16.5 Å². The first-order valence-electron chi connectivity index (χ1n) is 6.98. The zero-order valence-corrected chi connectivity index (χ0v) is 12.2. The lowest BCUT2D eigenvalue weighted by atomic mass is 10.2. The van der Waals surface area contributed by atoms with E-state index in [9.17, 15) is 13.2 Å². The van der Waals surface area contributed by atoms with Crippen molar-refractivity contribution in [2.24, 2.45) is 0 Å². The number of nitrogens with zero attached hydrogens (tertiary/aromatic N) is 1. The summed E-state index contributed by atoms with van der Waals surface area (Å²) in [4.78, 5) is 1.43. The van der Waals surface area contributed by atoms with Gasteiger partial charge in [0.1, 0.15) is 11.5 Å². The largest absolute Gasteiger partial charge is 0.465 e. The Kier molecular flexibility index (Phi) is 5.29. The number of ether oxygens (including phenoxy) is 1. The molecule has 0 spiro atoms. The zero-order valence-electron chi connectivity index (χ0n) is 12.2. The molecule has 21 heavy (non-hydrogen) atoms. The molecule has 2 atom stereocenters. The Morgan fingerprint density at radius 3 is 2.81 bits per heavy atom. The summed E-state index contributed by atoms with van der Waals surface area (Å²) in [6.45, 7) is 2.27. The summed E-state index contributed by atoms with van der Waals surface area (Å²) in [6, 6.07) is 3.61. The number of aryl methyl sites for hydroxylation is 1. The van der Waals surface area contributed by atoms with Crippen molar-refractivity contribution in [1.29, 1.82) is 0 Å². The Hall–Kier alpha value is -1.05. The summed E-state index contributed by atoms with van der Waals surface area (Å²) < 4.78 is 47.9. The van der Waals surface area contributed by atoms with Crippen LogP contribution >= 0.6 is 0 Å². The molecule has 0 radical (unpaired) electrons. The monoisotopic (exact) mass is 306 g/mol. The summed E-state index contributed by atoms with van der Waals surface area (Å²) in [5.74, 6) is 1.56. The highest BCUT2D eigenvalue weighted by molar-refractivity contribution is 5.10. The van der Waals surface area contributed by atoms with Crippen LogP contribution in [0.4, 0.5) is 13.2 Å². The minimum atomic E-state index is -4.14. The van der Waals surface area contributed by atoms with Crippen molar-refractivity contribution in [3.8, 4) is 0 Å². The lowest BCUT2D eigenvalue weighted by Crippen LogP contribution is -2.39. The van der Waals surface area contributed by atoms with Gasteiger partial charge in [0.2, 0.25) is 0 Å². The van der Waals surface area contributed by atoms with Crippen LogP contribution in [0.2, 0.25) is 0 Å². The quantitative estimate of drug-likeness (QED) is 0.876. The average molecular weight is 306 g/mol. The van der Waals surface area contributed by atoms with Gasteiger partial charge in [0.05, 0.1) is 19.2 Å². The second-order valence-electron chi connectivity index (χ2n) is 5.46. The number of likely N-dealkylation sites (tertiary alicyclic amines) is 1. The fraction of sp³-hybridized carbons (Fsp3) is 0.714. The molecule has 1 aromatic rings. The highest BCUT2D eigenvalue weighted by atomic mass is 19.4. The number of alkyl halides is 3. The SMILES string of the molecule is COC[C@H](N[C@H]1CCN(CC(F)(F)F)C1)c1ccc(C)o1.